The fourth-order valence-corrected chi connectivity index (χ4v) is 8.61. The van der Waals surface area contributed by atoms with Crippen LogP contribution in [0.5, 0.6) is 0 Å². The first-order valence-electron chi connectivity index (χ1n) is 15.6. The maximum atomic E-state index is 12.6. The van der Waals surface area contributed by atoms with Crippen LogP contribution in [0, 0.1) is 46.3 Å². The van der Waals surface area contributed by atoms with Crippen molar-refractivity contribution in [2.75, 3.05) is 0 Å². The van der Waals surface area contributed by atoms with E-state index >= 15 is 0 Å². The molecule has 0 spiro atoms. The van der Waals surface area contributed by atoms with Gasteiger partial charge in [-0.15, -0.1) is 0 Å². The van der Waals surface area contributed by atoms with Gasteiger partial charge >= 0.3 is 5.97 Å². The number of esters is 1. The second-order valence-corrected chi connectivity index (χ2v) is 14.0. The van der Waals surface area contributed by atoms with Gasteiger partial charge in [-0.05, 0) is 96.5 Å². The van der Waals surface area contributed by atoms with E-state index in [0.717, 1.165) is 30.7 Å². The summed E-state index contributed by atoms with van der Waals surface area (Å²) in [5.74, 6) is 3.91. The normalized spacial score (nSPS) is 35.7. The first kappa shape index (κ1) is 28.2. The van der Waals surface area contributed by atoms with Crippen LogP contribution in [0.3, 0.4) is 0 Å². The second-order valence-electron chi connectivity index (χ2n) is 14.0. The van der Waals surface area contributed by atoms with Gasteiger partial charge < -0.3 is 4.74 Å². The minimum Gasteiger partial charge on any atom is -0.459 e. The van der Waals surface area contributed by atoms with E-state index in [2.05, 4.69) is 65.8 Å². The highest BCUT2D eigenvalue weighted by molar-refractivity contribution is 5.87. The highest BCUT2D eigenvalue weighted by atomic mass is 16.5. The van der Waals surface area contributed by atoms with Crippen molar-refractivity contribution in [1.82, 2.24) is 0 Å². The van der Waals surface area contributed by atoms with E-state index in [-0.39, 0.29) is 17.5 Å². The summed E-state index contributed by atoms with van der Waals surface area (Å²) in [5, 5.41) is 0. The molecule has 8 atom stereocenters. The molecule has 3 fully saturated rings. The van der Waals surface area contributed by atoms with Crippen molar-refractivity contribution in [3.05, 3.63) is 77.4 Å². The van der Waals surface area contributed by atoms with Gasteiger partial charge in [-0.25, -0.2) is 4.79 Å². The van der Waals surface area contributed by atoms with Crippen LogP contribution < -0.4 is 0 Å². The summed E-state index contributed by atoms with van der Waals surface area (Å²) < 4.78 is 5.93. The van der Waals surface area contributed by atoms with Gasteiger partial charge in [0.15, 0.2) is 0 Å². The topological polar surface area (TPSA) is 26.3 Å². The number of hydrogen-bond donors (Lipinski definition) is 0. The molecule has 4 aliphatic rings. The lowest BCUT2D eigenvalue weighted by atomic mass is 9.50. The molecule has 0 heterocycles. The molecular weight excluding hydrogens is 476 g/mol. The van der Waals surface area contributed by atoms with Crippen LogP contribution in [0.15, 0.2) is 71.9 Å². The SMILES string of the molecule is CC(C)[C@@H](C)C=C[C@@H](C)C1CCC2C3=CC=C4CC(OC(=O)C=Cc5ccccc5)CCC4(C)C3CCC21C. The smallest absolute Gasteiger partial charge is 0.331 e. The monoisotopic (exact) mass is 526 g/mol. The second kappa shape index (κ2) is 11.3. The van der Waals surface area contributed by atoms with Gasteiger partial charge in [0.1, 0.15) is 6.10 Å². The third-order valence-corrected chi connectivity index (χ3v) is 11.5. The summed E-state index contributed by atoms with van der Waals surface area (Å²) in [6.07, 6.45) is 21.7. The molecule has 6 unspecified atom stereocenters. The van der Waals surface area contributed by atoms with Crippen molar-refractivity contribution >= 4 is 12.0 Å². The lowest BCUT2D eigenvalue weighted by Crippen LogP contribution is -2.46. The van der Waals surface area contributed by atoms with Crippen molar-refractivity contribution in [3.63, 3.8) is 0 Å². The van der Waals surface area contributed by atoms with Crippen LogP contribution in [0.1, 0.15) is 92.1 Å². The Morgan fingerprint density at radius 2 is 1.69 bits per heavy atom. The van der Waals surface area contributed by atoms with Gasteiger partial charge in [0.25, 0.3) is 0 Å². The maximum absolute atomic E-state index is 12.6. The van der Waals surface area contributed by atoms with Crippen LogP contribution >= 0.6 is 0 Å². The lowest BCUT2D eigenvalue weighted by molar-refractivity contribution is -0.144. The first-order chi connectivity index (χ1) is 18.6. The van der Waals surface area contributed by atoms with Gasteiger partial charge in [-0.2, -0.15) is 0 Å². The molecule has 1 aromatic carbocycles. The summed E-state index contributed by atoms with van der Waals surface area (Å²) >= 11 is 0. The predicted molar refractivity (Wildman–Crippen MR) is 163 cm³/mol. The zero-order valence-corrected chi connectivity index (χ0v) is 25.2. The Balaban J connectivity index is 1.27. The number of benzene rings is 1. The number of rotatable bonds is 7. The molecule has 2 heteroatoms. The molecule has 4 aliphatic carbocycles. The molecule has 0 bridgehead atoms. The van der Waals surface area contributed by atoms with E-state index in [1.54, 1.807) is 11.6 Å². The average molecular weight is 527 g/mol. The molecule has 2 nitrogen and oxygen atoms in total. The van der Waals surface area contributed by atoms with Crippen molar-refractivity contribution in [3.8, 4) is 0 Å². The number of ether oxygens (including phenoxy) is 1. The Morgan fingerprint density at radius 1 is 0.923 bits per heavy atom. The Labute approximate surface area is 237 Å². The van der Waals surface area contributed by atoms with E-state index in [4.69, 9.17) is 4.74 Å². The molecule has 0 aliphatic heterocycles. The van der Waals surface area contributed by atoms with Gasteiger partial charge in [-0.3, -0.25) is 0 Å². The molecule has 39 heavy (non-hydrogen) atoms. The van der Waals surface area contributed by atoms with Crippen molar-refractivity contribution < 1.29 is 9.53 Å². The molecule has 0 aromatic heterocycles. The highest BCUT2D eigenvalue weighted by Crippen LogP contribution is 2.66. The lowest BCUT2D eigenvalue weighted by Gasteiger charge is -2.55. The molecule has 0 saturated heterocycles. The van der Waals surface area contributed by atoms with Crippen LogP contribution in [0.4, 0.5) is 0 Å². The van der Waals surface area contributed by atoms with Crippen LogP contribution in [0.25, 0.3) is 6.08 Å². The largest absolute Gasteiger partial charge is 0.459 e. The van der Waals surface area contributed by atoms with Gasteiger partial charge in [-0.1, -0.05) is 107 Å². The first-order valence-corrected chi connectivity index (χ1v) is 15.6. The quantitative estimate of drug-likeness (QED) is 0.201. The molecule has 0 N–H and O–H groups in total. The fourth-order valence-electron chi connectivity index (χ4n) is 8.61. The summed E-state index contributed by atoms with van der Waals surface area (Å²) in [6.45, 7) is 14.6. The molecular formula is C37H50O2. The molecule has 0 amide bonds. The number of carbonyl (C=O) groups excluding carboxylic acids is 1. The van der Waals surface area contributed by atoms with Crippen LogP contribution in [-0.4, -0.2) is 12.1 Å². The summed E-state index contributed by atoms with van der Waals surface area (Å²) in [5.41, 5.74) is 4.89. The highest BCUT2D eigenvalue weighted by Gasteiger charge is 2.57. The summed E-state index contributed by atoms with van der Waals surface area (Å²) in [7, 11) is 0. The Kier molecular flexibility index (Phi) is 8.14. The molecule has 210 valence electrons. The number of hydrogen-bond acceptors (Lipinski definition) is 2. The van der Waals surface area contributed by atoms with E-state index in [1.165, 1.54) is 31.3 Å². The third-order valence-electron chi connectivity index (χ3n) is 11.5. The number of carbonyl (C=O) groups is 1. The molecule has 5 rings (SSSR count). The van der Waals surface area contributed by atoms with E-state index < -0.39 is 0 Å². The van der Waals surface area contributed by atoms with Crippen molar-refractivity contribution in [1.29, 1.82) is 0 Å². The van der Waals surface area contributed by atoms with Crippen LogP contribution in [-0.2, 0) is 9.53 Å². The minimum atomic E-state index is -0.225. The van der Waals surface area contributed by atoms with E-state index in [9.17, 15) is 4.79 Å². The Morgan fingerprint density at radius 3 is 2.44 bits per heavy atom. The van der Waals surface area contributed by atoms with E-state index in [1.807, 2.05) is 36.4 Å². The molecule has 3 saturated carbocycles. The fraction of sp³-hybridized carbons (Fsp3) is 0.595. The zero-order chi connectivity index (χ0) is 27.8. The Hall–Kier alpha value is -2.35. The zero-order valence-electron chi connectivity index (χ0n) is 25.2. The van der Waals surface area contributed by atoms with Gasteiger partial charge in [0.05, 0.1) is 0 Å². The molecule has 1 aromatic rings. The van der Waals surface area contributed by atoms with Gasteiger partial charge in [0.2, 0.25) is 0 Å². The maximum Gasteiger partial charge on any atom is 0.331 e. The Bertz CT molecular complexity index is 1150. The van der Waals surface area contributed by atoms with Crippen LogP contribution in [0.2, 0.25) is 0 Å². The summed E-state index contributed by atoms with van der Waals surface area (Å²) in [6, 6.07) is 9.95. The van der Waals surface area contributed by atoms with Crippen molar-refractivity contribution in [2.45, 2.75) is 92.6 Å². The van der Waals surface area contributed by atoms with Gasteiger partial charge in [0, 0.05) is 12.5 Å². The average Bonchev–Trinajstić information content (AvgIpc) is 3.28. The predicted octanol–water partition coefficient (Wildman–Crippen LogP) is 9.60. The van der Waals surface area contributed by atoms with Crippen molar-refractivity contribution in [2.24, 2.45) is 46.3 Å². The minimum absolute atomic E-state index is 0.0159. The number of fused-ring (bicyclic) bond motifs is 5. The third kappa shape index (κ3) is 5.50. The summed E-state index contributed by atoms with van der Waals surface area (Å²) in [4.78, 5) is 12.6. The molecule has 0 radical (unpaired) electrons. The number of allylic oxidation sites excluding steroid dienone is 5. The standard InChI is InChI=1S/C37H50O2/c1-25(2)26(3)12-13-27(4)32-17-18-33-31-16-15-29-24-30(39-35(38)19-14-28-10-8-7-9-11-28)20-22-36(29,5)34(31)21-23-37(32,33)6/h7-16,19,25-27,30,32-34H,17-18,20-24H2,1-6H3/t26-,27+,30?,32?,33?,34?,36?,37?/m0/s1. The van der Waals surface area contributed by atoms with E-state index in [0.29, 0.717) is 35.0 Å².